The second-order valence-corrected chi connectivity index (χ2v) is 14.2. The van der Waals surface area contributed by atoms with E-state index in [9.17, 15) is 30.7 Å². The van der Waals surface area contributed by atoms with Gasteiger partial charge in [-0.3, -0.25) is 13.9 Å². The molecule has 0 fully saturated rings. The summed E-state index contributed by atoms with van der Waals surface area (Å²) in [7, 11) is -8.74. The molecule has 10 nitrogen and oxygen atoms in total. The summed E-state index contributed by atoms with van der Waals surface area (Å²) in [6.07, 6.45) is 7.81. The number of carboxylic acid groups (broad SMARTS) is 1. The number of nitrogens with zero attached hydrogens (tertiary/aromatic N) is 1. The molecule has 220 valence electrons. The SMILES string of the molecule is CC1(C)C(/C=C/C=C2/Nc3ccc(S(=O)(=O)O)cc3C2(C)C)=[N+](CCCCCC(=O)O)c2ccc(S(=O)(=O)O)cc21. The molecule has 4 rings (SSSR count). The molecule has 0 aliphatic carbocycles. The minimum Gasteiger partial charge on any atom is -0.481 e. The fourth-order valence-corrected chi connectivity index (χ4v) is 6.53. The van der Waals surface area contributed by atoms with Crippen LogP contribution in [0.4, 0.5) is 11.4 Å². The summed E-state index contributed by atoms with van der Waals surface area (Å²) in [5.74, 6) is -0.835. The Hall–Kier alpha value is -3.32. The lowest BCUT2D eigenvalue weighted by molar-refractivity contribution is -0.438. The first-order valence-electron chi connectivity index (χ1n) is 13.2. The van der Waals surface area contributed by atoms with Crippen molar-refractivity contribution in [1.29, 1.82) is 0 Å². The Bertz CT molecular complexity index is 1720. The standard InChI is InChI=1S/C29H34N2O8S2/c1-28(2)21-17-19(40(34,35)36)12-14-23(21)30-25(28)9-8-10-26-29(3,4)22-18-20(41(37,38)39)13-15-24(22)31(26)16-7-5-6-11-27(32)33/h8-10,12-15,17-18H,5-7,11,16H2,1-4H3,(H3,32,33,34,35,36,37,38,39)/p+1. The summed E-state index contributed by atoms with van der Waals surface area (Å²) in [6.45, 7) is 8.43. The van der Waals surface area contributed by atoms with Gasteiger partial charge in [-0.15, -0.1) is 0 Å². The molecule has 2 aromatic carbocycles. The van der Waals surface area contributed by atoms with E-state index in [1.165, 1.54) is 24.3 Å². The van der Waals surface area contributed by atoms with Crippen molar-refractivity contribution in [2.24, 2.45) is 0 Å². The Morgan fingerprint density at radius 3 is 2.10 bits per heavy atom. The molecule has 0 radical (unpaired) electrons. The van der Waals surface area contributed by atoms with Crippen LogP contribution < -0.4 is 5.32 Å². The van der Waals surface area contributed by atoms with Gasteiger partial charge in [0, 0.05) is 47.3 Å². The molecule has 2 aliphatic rings. The van der Waals surface area contributed by atoms with E-state index < -0.39 is 37.0 Å². The highest BCUT2D eigenvalue weighted by molar-refractivity contribution is 7.86. The molecule has 41 heavy (non-hydrogen) atoms. The van der Waals surface area contributed by atoms with E-state index in [-0.39, 0.29) is 16.2 Å². The number of hydrogen-bond donors (Lipinski definition) is 4. The summed E-state index contributed by atoms with van der Waals surface area (Å²) < 4.78 is 68.3. The molecular formula is C29H35N2O8S2+. The monoisotopic (exact) mass is 603 g/mol. The maximum atomic E-state index is 11.9. The highest BCUT2D eigenvalue weighted by atomic mass is 32.2. The number of rotatable bonds is 10. The lowest BCUT2D eigenvalue weighted by Gasteiger charge is -2.20. The molecule has 0 bridgehead atoms. The van der Waals surface area contributed by atoms with Crippen LogP contribution in [0, 0.1) is 0 Å². The maximum absolute atomic E-state index is 11.9. The fourth-order valence-electron chi connectivity index (χ4n) is 5.52. The largest absolute Gasteiger partial charge is 0.481 e. The summed E-state index contributed by atoms with van der Waals surface area (Å²) in [5, 5.41) is 12.3. The quantitative estimate of drug-likeness (QED) is 0.166. The minimum atomic E-state index is -4.39. The Morgan fingerprint density at radius 2 is 1.49 bits per heavy atom. The van der Waals surface area contributed by atoms with E-state index in [1.807, 2.05) is 45.9 Å². The number of carboxylic acids is 1. The zero-order chi connectivity index (χ0) is 30.4. The average Bonchev–Trinajstić information content (AvgIpc) is 3.23. The van der Waals surface area contributed by atoms with Gasteiger partial charge in [-0.25, -0.2) is 0 Å². The van der Waals surface area contributed by atoms with E-state index in [1.54, 1.807) is 12.1 Å². The van der Waals surface area contributed by atoms with E-state index in [4.69, 9.17) is 5.11 Å². The van der Waals surface area contributed by atoms with Crippen LogP contribution in [0.5, 0.6) is 0 Å². The van der Waals surface area contributed by atoms with Gasteiger partial charge in [0.05, 0.1) is 15.2 Å². The molecule has 0 atom stereocenters. The van der Waals surface area contributed by atoms with Crippen molar-refractivity contribution in [2.75, 3.05) is 11.9 Å². The first kappa shape index (κ1) is 30.6. The highest BCUT2D eigenvalue weighted by Gasteiger charge is 2.45. The van der Waals surface area contributed by atoms with E-state index in [0.717, 1.165) is 40.3 Å². The normalized spacial score (nSPS) is 18.5. The molecule has 0 saturated heterocycles. The van der Waals surface area contributed by atoms with Crippen molar-refractivity contribution in [3.63, 3.8) is 0 Å². The van der Waals surface area contributed by atoms with Gasteiger partial charge >= 0.3 is 5.97 Å². The Labute approximate surface area is 240 Å². The van der Waals surface area contributed by atoms with Crippen LogP contribution in [0.25, 0.3) is 0 Å². The number of carbonyl (C=O) groups is 1. The van der Waals surface area contributed by atoms with Crippen LogP contribution in [0.3, 0.4) is 0 Å². The number of fused-ring (bicyclic) bond motifs is 2. The predicted molar refractivity (Wildman–Crippen MR) is 155 cm³/mol. The van der Waals surface area contributed by atoms with Gasteiger partial charge in [-0.1, -0.05) is 19.9 Å². The molecular weight excluding hydrogens is 568 g/mol. The van der Waals surface area contributed by atoms with Crippen molar-refractivity contribution in [1.82, 2.24) is 0 Å². The highest BCUT2D eigenvalue weighted by Crippen LogP contribution is 2.44. The smallest absolute Gasteiger partial charge is 0.303 e. The van der Waals surface area contributed by atoms with Crippen LogP contribution >= 0.6 is 0 Å². The third-order valence-electron chi connectivity index (χ3n) is 7.86. The Kier molecular flexibility index (Phi) is 8.09. The summed E-state index contributed by atoms with van der Waals surface area (Å²) in [6, 6.07) is 8.98. The van der Waals surface area contributed by atoms with Crippen molar-refractivity contribution >= 4 is 43.3 Å². The molecule has 12 heteroatoms. The van der Waals surface area contributed by atoms with Gasteiger partial charge in [0.15, 0.2) is 5.71 Å². The Morgan fingerprint density at radius 1 is 0.878 bits per heavy atom. The number of benzene rings is 2. The Balaban J connectivity index is 1.69. The topological polar surface area (TPSA) is 161 Å². The maximum Gasteiger partial charge on any atom is 0.303 e. The minimum absolute atomic E-state index is 0.0980. The van der Waals surface area contributed by atoms with Crippen LogP contribution in [0.15, 0.2) is 70.1 Å². The van der Waals surface area contributed by atoms with Crippen molar-refractivity contribution in [2.45, 2.75) is 74.0 Å². The lowest BCUT2D eigenvalue weighted by atomic mass is 9.81. The van der Waals surface area contributed by atoms with Gasteiger partial charge in [0.2, 0.25) is 5.69 Å². The first-order chi connectivity index (χ1) is 18.9. The number of anilines is 1. The zero-order valence-electron chi connectivity index (χ0n) is 23.4. The number of nitrogens with one attached hydrogen (secondary N) is 1. The van der Waals surface area contributed by atoms with E-state index in [2.05, 4.69) is 9.89 Å². The van der Waals surface area contributed by atoms with Crippen molar-refractivity contribution in [3.8, 4) is 0 Å². The lowest BCUT2D eigenvalue weighted by Crippen LogP contribution is -2.28. The number of unbranched alkanes of at least 4 members (excludes halogenated alkanes) is 2. The van der Waals surface area contributed by atoms with E-state index in [0.29, 0.717) is 19.4 Å². The molecule has 0 amide bonds. The molecule has 2 heterocycles. The number of allylic oxidation sites excluding steroid dienone is 4. The van der Waals surface area contributed by atoms with Gasteiger partial charge in [0.1, 0.15) is 6.54 Å². The molecule has 0 unspecified atom stereocenters. The third-order valence-corrected chi connectivity index (χ3v) is 9.55. The summed E-state index contributed by atoms with van der Waals surface area (Å²) >= 11 is 0. The molecule has 0 saturated carbocycles. The van der Waals surface area contributed by atoms with Gasteiger partial charge in [-0.2, -0.15) is 21.4 Å². The van der Waals surface area contributed by atoms with Gasteiger partial charge < -0.3 is 10.4 Å². The second kappa shape index (κ2) is 10.8. The number of hydrogen-bond acceptors (Lipinski definition) is 6. The molecule has 2 aliphatic heterocycles. The molecule has 4 N–H and O–H groups in total. The third kappa shape index (κ3) is 6.15. The zero-order valence-corrected chi connectivity index (χ0v) is 25.0. The second-order valence-electron chi connectivity index (χ2n) is 11.4. The predicted octanol–water partition coefficient (Wildman–Crippen LogP) is 5.04. The average molecular weight is 604 g/mol. The summed E-state index contributed by atoms with van der Waals surface area (Å²) in [5.41, 5.74) is 3.56. The fraction of sp³-hybridized carbons (Fsp3) is 0.379. The van der Waals surface area contributed by atoms with Crippen molar-refractivity contribution < 1.29 is 40.4 Å². The first-order valence-corrected chi connectivity index (χ1v) is 16.1. The van der Waals surface area contributed by atoms with Crippen LogP contribution in [-0.4, -0.2) is 53.8 Å². The summed E-state index contributed by atoms with van der Waals surface area (Å²) in [4.78, 5) is 10.5. The van der Waals surface area contributed by atoms with Gasteiger partial charge in [0.25, 0.3) is 20.2 Å². The van der Waals surface area contributed by atoms with Gasteiger partial charge in [-0.05, 0) is 68.7 Å². The van der Waals surface area contributed by atoms with E-state index >= 15 is 0 Å². The number of aliphatic carboxylic acids is 1. The molecule has 2 aromatic rings. The van der Waals surface area contributed by atoms with Crippen molar-refractivity contribution in [3.05, 3.63) is 71.5 Å². The van der Waals surface area contributed by atoms with Crippen LogP contribution in [-0.2, 0) is 35.9 Å². The molecule has 0 aromatic heterocycles. The molecule has 0 spiro atoms. The van der Waals surface area contributed by atoms with Crippen LogP contribution in [0.2, 0.25) is 0 Å². The van der Waals surface area contributed by atoms with Crippen LogP contribution in [0.1, 0.15) is 64.5 Å².